The van der Waals surface area contributed by atoms with E-state index in [0.717, 1.165) is 35.4 Å². The van der Waals surface area contributed by atoms with Gasteiger partial charge in [-0.1, -0.05) is 74.0 Å². The number of aromatic amines is 1. The lowest BCUT2D eigenvalue weighted by molar-refractivity contribution is -0.118. The van der Waals surface area contributed by atoms with Crippen LogP contribution in [0.3, 0.4) is 0 Å². The number of aromatic nitrogens is 2. The van der Waals surface area contributed by atoms with E-state index in [1.165, 1.54) is 22.3 Å². The van der Waals surface area contributed by atoms with Gasteiger partial charge in [0, 0.05) is 41.2 Å². The van der Waals surface area contributed by atoms with Crippen LogP contribution in [0.15, 0.2) is 65.7 Å². The summed E-state index contributed by atoms with van der Waals surface area (Å²) >= 11 is 0. The van der Waals surface area contributed by atoms with E-state index in [0.29, 0.717) is 12.2 Å². The summed E-state index contributed by atoms with van der Waals surface area (Å²) in [6, 6.07) is 18.8. The van der Waals surface area contributed by atoms with Gasteiger partial charge in [0.25, 0.3) is 0 Å². The minimum Gasteiger partial charge on any atom is -0.294 e. The predicted molar refractivity (Wildman–Crippen MR) is 116 cm³/mol. The molecule has 3 aromatic rings. The Kier molecular flexibility index (Phi) is 4.09. The summed E-state index contributed by atoms with van der Waals surface area (Å²) in [5, 5.41) is 8.05. The number of nitrogens with one attached hydrogen (secondary N) is 1. The Labute approximate surface area is 171 Å². The molecule has 3 nitrogen and oxygen atoms in total. The number of H-pyrrole nitrogens is 1. The van der Waals surface area contributed by atoms with E-state index in [1.807, 2.05) is 18.2 Å². The van der Waals surface area contributed by atoms with Crippen LogP contribution in [0.5, 0.6) is 0 Å². The number of nitrogens with zero attached hydrogens (tertiary/aromatic N) is 1. The summed E-state index contributed by atoms with van der Waals surface area (Å²) in [6.45, 7) is 6.55. The third-order valence-corrected chi connectivity index (χ3v) is 6.41. The molecule has 0 spiro atoms. The van der Waals surface area contributed by atoms with Gasteiger partial charge in [-0.05, 0) is 29.9 Å². The molecule has 1 atom stereocenters. The fourth-order valence-electron chi connectivity index (χ4n) is 5.21. The Balaban J connectivity index is 1.77. The Morgan fingerprint density at radius 2 is 1.72 bits per heavy atom. The maximum atomic E-state index is 13.4. The van der Waals surface area contributed by atoms with Crippen LogP contribution in [0.2, 0.25) is 0 Å². The monoisotopic (exact) mass is 382 g/mol. The molecule has 1 heterocycles. The zero-order valence-corrected chi connectivity index (χ0v) is 17.3. The van der Waals surface area contributed by atoms with Crippen molar-refractivity contribution < 1.29 is 4.79 Å². The van der Waals surface area contributed by atoms with E-state index in [4.69, 9.17) is 5.10 Å². The van der Waals surface area contributed by atoms with E-state index >= 15 is 0 Å². The first-order valence-electron chi connectivity index (χ1n) is 10.4. The summed E-state index contributed by atoms with van der Waals surface area (Å²) in [6.07, 6.45) is 2.37. The van der Waals surface area contributed by atoms with Crippen LogP contribution in [0, 0.1) is 12.3 Å². The number of aryl methyl sites for hydroxylation is 1. The molecule has 0 saturated heterocycles. The van der Waals surface area contributed by atoms with Gasteiger partial charge in [-0.15, -0.1) is 0 Å². The molecule has 0 fully saturated rings. The lowest BCUT2D eigenvalue weighted by Crippen LogP contribution is -2.32. The van der Waals surface area contributed by atoms with E-state index in [2.05, 4.69) is 62.3 Å². The van der Waals surface area contributed by atoms with Gasteiger partial charge in [-0.25, -0.2) is 0 Å². The Bertz CT molecular complexity index is 1130. The number of hydrogen-bond acceptors (Lipinski definition) is 2. The van der Waals surface area contributed by atoms with Gasteiger partial charge in [-0.3, -0.25) is 9.89 Å². The number of carbonyl (C=O) groups excluding carboxylic acids is 1. The molecule has 146 valence electrons. The molecule has 29 heavy (non-hydrogen) atoms. The standard InChI is InChI=1S/C26H26N2O/c1-16-9-7-8-12-19(16)23-22-18(14-26(2,3)15-21(22)29)13-20-24(23)25(28-27-20)17-10-5-4-6-11-17/h4-12,23H,13-15H2,1-3H3,(H,27,28). The van der Waals surface area contributed by atoms with Crippen molar-refractivity contribution in [1.29, 1.82) is 0 Å². The average molecular weight is 383 g/mol. The third kappa shape index (κ3) is 2.96. The van der Waals surface area contributed by atoms with Crippen molar-refractivity contribution in [3.05, 3.63) is 88.1 Å². The quantitative estimate of drug-likeness (QED) is 0.612. The molecule has 0 bridgehead atoms. The smallest absolute Gasteiger partial charge is 0.160 e. The molecule has 2 aliphatic rings. The SMILES string of the molecule is Cc1ccccc1C1C2=C(Cc3[nH]nc(-c4ccccc4)c31)CC(C)(C)CC2=O. The second kappa shape index (κ2) is 6.55. The summed E-state index contributed by atoms with van der Waals surface area (Å²) in [7, 11) is 0. The van der Waals surface area contributed by atoms with Gasteiger partial charge in [0.05, 0.1) is 5.69 Å². The highest BCUT2D eigenvalue weighted by Crippen LogP contribution is 2.51. The first kappa shape index (κ1) is 18.1. The minimum absolute atomic E-state index is 0.0198. The van der Waals surface area contributed by atoms with Crippen molar-refractivity contribution in [2.75, 3.05) is 0 Å². The van der Waals surface area contributed by atoms with Gasteiger partial charge >= 0.3 is 0 Å². The number of ketones is 1. The summed E-state index contributed by atoms with van der Waals surface area (Å²) in [5.41, 5.74) is 9.15. The Morgan fingerprint density at radius 1 is 1.00 bits per heavy atom. The highest BCUT2D eigenvalue weighted by atomic mass is 16.1. The second-order valence-corrected chi connectivity index (χ2v) is 9.26. The minimum atomic E-state index is -0.0486. The van der Waals surface area contributed by atoms with Crippen LogP contribution in [0.4, 0.5) is 0 Å². The van der Waals surface area contributed by atoms with Crippen molar-refractivity contribution >= 4 is 5.78 Å². The van der Waals surface area contributed by atoms with Gasteiger partial charge in [0.15, 0.2) is 5.78 Å². The lowest BCUT2D eigenvalue weighted by atomic mass is 9.64. The number of rotatable bonds is 2. The van der Waals surface area contributed by atoms with Crippen LogP contribution >= 0.6 is 0 Å². The molecule has 0 amide bonds. The zero-order valence-electron chi connectivity index (χ0n) is 17.3. The van der Waals surface area contributed by atoms with Gasteiger partial charge in [0.1, 0.15) is 0 Å². The van der Waals surface area contributed by atoms with Crippen LogP contribution < -0.4 is 0 Å². The molecule has 1 unspecified atom stereocenters. The van der Waals surface area contributed by atoms with Crippen molar-refractivity contribution in [3.8, 4) is 11.3 Å². The first-order chi connectivity index (χ1) is 13.9. The number of hydrogen-bond donors (Lipinski definition) is 1. The molecule has 3 heteroatoms. The largest absolute Gasteiger partial charge is 0.294 e. The molecule has 2 aromatic carbocycles. The van der Waals surface area contributed by atoms with Crippen LogP contribution in [-0.4, -0.2) is 16.0 Å². The fourth-order valence-corrected chi connectivity index (χ4v) is 5.21. The molecule has 1 N–H and O–H groups in total. The summed E-state index contributed by atoms with van der Waals surface area (Å²) in [5.74, 6) is 0.253. The molecule has 2 aliphatic carbocycles. The molecule has 0 radical (unpaired) electrons. The molecule has 5 rings (SSSR count). The third-order valence-electron chi connectivity index (χ3n) is 6.41. The number of Topliss-reactive ketones (excluding diaryl/α,β-unsaturated/α-hetero) is 1. The highest BCUT2D eigenvalue weighted by molar-refractivity contribution is 6.01. The maximum Gasteiger partial charge on any atom is 0.160 e. The van der Waals surface area contributed by atoms with E-state index in [-0.39, 0.29) is 11.3 Å². The molecule has 0 aliphatic heterocycles. The Hall–Kier alpha value is -2.94. The number of allylic oxidation sites excluding steroid dienone is 2. The molecular formula is C26H26N2O. The second-order valence-electron chi connectivity index (χ2n) is 9.26. The van der Waals surface area contributed by atoms with Crippen molar-refractivity contribution in [3.63, 3.8) is 0 Å². The van der Waals surface area contributed by atoms with Crippen LogP contribution in [0.25, 0.3) is 11.3 Å². The van der Waals surface area contributed by atoms with E-state index in [9.17, 15) is 4.79 Å². The zero-order chi connectivity index (χ0) is 20.2. The predicted octanol–water partition coefficient (Wildman–Crippen LogP) is 5.76. The topological polar surface area (TPSA) is 45.8 Å². The van der Waals surface area contributed by atoms with Gasteiger partial charge in [-0.2, -0.15) is 5.10 Å². The summed E-state index contributed by atoms with van der Waals surface area (Å²) < 4.78 is 0. The van der Waals surface area contributed by atoms with Gasteiger partial charge in [0.2, 0.25) is 0 Å². The fraction of sp³-hybridized carbons (Fsp3) is 0.308. The van der Waals surface area contributed by atoms with Gasteiger partial charge < -0.3 is 0 Å². The molecule has 0 saturated carbocycles. The Morgan fingerprint density at radius 3 is 2.48 bits per heavy atom. The molecular weight excluding hydrogens is 356 g/mol. The van der Waals surface area contributed by atoms with Crippen LogP contribution in [-0.2, 0) is 11.2 Å². The summed E-state index contributed by atoms with van der Waals surface area (Å²) in [4.78, 5) is 13.4. The molecule has 1 aromatic heterocycles. The van der Waals surface area contributed by atoms with Crippen molar-refractivity contribution in [2.24, 2.45) is 5.41 Å². The lowest BCUT2D eigenvalue weighted by Gasteiger charge is -2.38. The number of benzene rings is 2. The maximum absolute atomic E-state index is 13.4. The normalized spacial score (nSPS) is 20.4. The average Bonchev–Trinajstić information content (AvgIpc) is 3.10. The number of carbonyl (C=O) groups is 1. The number of fused-ring (bicyclic) bond motifs is 1. The van der Waals surface area contributed by atoms with Crippen molar-refractivity contribution in [2.45, 2.75) is 46.0 Å². The van der Waals surface area contributed by atoms with Crippen molar-refractivity contribution in [1.82, 2.24) is 10.2 Å². The first-order valence-corrected chi connectivity index (χ1v) is 10.4. The van der Waals surface area contributed by atoms with E-state index in [1.54, 1.807) is 0 Å². The highest BCUT2D eigenvalue weighted by Gasteiger charge is 2.42. The van der Waals surface area contributed by atoms with Crippen LogP contribution in [0.1, 0.15) is 55.0 Å². The van der Waals surface area contributed by atoms with E-state index < -0.39 is 0 Å².